The molecule has 0 bridgehead atoms. The Morgan fingerprint density at radius 1 is 1.00 bits per heavy atom. The maximum Gasteiger partial charge on any atom is 0.421 e. The summed E-state index contributed by atoms with van der Waals surface area (Å²) < 4.78 is 95.5. The molecule has 10 nitrogen and oxygen atoms in total. The summed E-state index contributed by atoms with van der Waals surface area (Å²) in [6, 6.07) is 0.621. The number of nitrogens with one attached hydrogen (secondary N) is 1. The Kier molecular flexibility index (Phi) is 14.3. The van der Waals surface area contributed by atoms with Gasteiger partial charge in [-0.15, -0.1) is 0 Å². The van der Waals surface area contributed by atoms with E-state index in [0.29, 0.717) is 12.3 Å². The highest BCUT2D eigenvalue weighted by atomic mass is 80.0. The molecular formula is C13H8Br4F7N4O6P. The van der Waals surface area contributed by atoms with E-state index in [0.717, 1.165) is 6.20 Å². The lowest BCUT2D eigenvalue weighted by Gasteiger charge is -2.06. The second kappa shape index (κ2) is 15.0. The Morgan fingerprint density at radius 3 is 1.71 bits per heavy atom. The quantitative estimate of drug-likeness (QED) is 0.107. The van der Waals surface area contributed by atoms with Gasteiger partial charge in [-0.1, -0.05) is 0 Å². The first-order valence-corrected chi connectivity index (χ1v) is 16.0. The molecule has 0 saturated carbocycles. The van der Waals surface area contributed by atoms with Crippen LogP contribution in [0.2, 0.25) is 0 Å². The lowest BCUT2D eigenvalue weighted by atomic mass is 10.2. The average Bonchev–Trinajstić information content (AvgIpc) is 2.66. The molecular weight excluding hydrogens is 792 g/mol. The van der Waals surface area contributed by atoms with Gasteiger partial charge in [0.25, 0.3) is 20.2 Å². The SMILES string of the molecule is O=P(Br)(Br)Br.O=[N+]([O-])c1cnc(Br)c(C(F)(F)F)c1.O=c1[nH]cc([N+](=O)[O-])cc1C(F)(F)F.[2H]CF. The average molecular weight is 801 g/mol. The summed E-state index contributed by atoms with van der Waals surface area (Å²) in [6.07, 6.45) is -8.19. The van der Waals surface area contributed by atoms with Crippen molar-refractivity contribution < 1.29 is 46.5 Å². The molecule has 0 aliphatic carbocycles. The maximum atomic E-state index is 12.2. The first-order chi connectivity index (χ1) is 16.1. The van der Waals surface area contributed by atoms with E-state index in [-0.39, 0.29) is 6.07 Å². The van der Waals surface area contributed by atoms with Gasteiger partial charge in [-0.3, -0.25) is 34.0 Å². The van der Waals surface area contributed by atoms with E-state index >= 15 is 0 Å². The van der Waals surface area contributed by atoms with Crippen molar-refractivity contribution in [3.63, 3.8) is 0 Å². The van der Waals surface area contributed by atoms with Crippen LogP contribution in [0.1, 0.15) is 12.5 Å². The Bertz CT molecular complexity index is 1140. The Morgan fingerprint density at radius 2 is 1.37 bits per heavy atom. The predicted octanol–water partition coefficient (Wildman–Crippen LogP) is 7.94. The van der Waals surface area contributed by atoms with Crippen LogP contribution in [0.3, 0.4) is 0 Å². The number of hydrogen-bond donors (Lipinski definition) is 1. The number of halogens is 11. The standard InChI is InChI=1S/C6H2BrF3N2O2.C6H3F3N2O3.CH3F.Br3OP/c7-5-4(6(8,9)10)1-3(2-11-5)12(13)14;7-6(8,9)4-1-3(11(13)14)2-10-5(4)12;1-2;1-5(2,3)4/h1-2H;1-2H,(H,10,12);1H3;/i;;1D;. The minimum Gasteiger partial charge on any atom is -0.322 e. The fourth-order valence-corrected chi connectivity index (χ4v) is 1.97. The number of alkyl halides is 7. The Labute approximate surface area is 223 Å². The smallest absolute Gasteiger partial charge is 0.322 e. The van der Waals surface area contributed by atoms with E-state index in [4.69, 9.17) is 1.37 Å². The minimum atomic E-state index is -4.89. The summed E-state index contributed by atoms with van der Waals surface area (Å²) in [6.45, 7) is 0. The molecule has 1 N–H and O–H groups in total. The molecule has 2 aromatic rings. The van der Waals surface area contributed by atoms with Crippen LogP contribution >= 0.6 is 65.6 Å². The molecule has 0 saturated heterocycles. The van der Waals surface area contributed by atoms with Crippen LogP contribution in [0, 0.1) is 20.2 Å². The number of aromatic nitrogens is 2. The van der Waals surface area contributed by atoms with Crippen molar-refractivity contribution in [2.75, 3.05) is 7.15 Å². The van der Waals surface area contributed by atoms with E-state index in [9.17, 15) is 60.3 Å². The number of aromatic amines is 1. The van der Waals surface area contributed by atoms with Gasteiger partial charge in [0.15, 0.2) is 0 Å². The highest BCUT2D eigenvalue weighted by Gasteiger charge is 2.36. The largest absolute Gasteiger partial charge is 0.421 e. The molecule has 2 aromatic heterocycles. The van der Waals surface area contributed by atoms with E-state index in [1.807, 2.05) is 0 Å². The van der Waals surface area contributed by atoms with E-state index < -0.39 is 65.3 Å². The van der Waals surface area contributed by atoms with Gasteiger partial charge in [0.2, 0.25) is 0 Å². The fourth-order valence-electron chi connectivity index (χ4n) is 1.52. The third kappa shape index (κ3) is 15.3. The molecule has 0 aromatic carbocycles. The van der Waals surface area contributed by atoms with Crippen LogP contribution in [0.25, 0.3) is 0 Å². The highest BCUT2D eigenvalue weighted by Crippen LogP contribution is 2.68. The van der Waals surface area contributed by atoms with E-state index in [1.54, 1.807) is 4.98 Å². The highest BCUT2D eigenvalue weighted by molar-refractivity contribution is 9.94. The Balaban J connectivity index is 0. The maximum absolute atomic E-state index is 12.2. The minimum absolute atomic E-state index is 0.193. The zero-order valence-electron chi connectivity index (χ0n) is 16.9. The summed E-state index contributed by atoms with van der Waals surface area (Å²) in [5.41, 5.74) is -5.64. The second-order valence-electron chi connectivity index (χ2n) is 5.04. The van der Waals surface area contributed by atoms with Crippen molar-refractivity contribution in [2.24, 2.45) is 0 Å². The zero-order valence-corrected chi connectivity index (χ0v) is 23.2. The van der Waals surface area contributed by atoms with Crippen LogP contribution in [0.5, 0.6) is 0 Å². The number of nitro groups is 2. The van der Waals surface area contributed by atoms with Crippen LogP contribution < -0.4 is 5.56 Å². The lowest BCUT2D eigenvalue weighted by molar-refractivity contribution is -0.385. The van der Waals surface area contributed by atoms with Crippen molar-refractivity contribution in [1.29, 1.82) is 0 Å². The lowest BCUT2D eigenvalue weighted by Crippen LogP contribution is -2.21. The van der Waals surface area contributed by atoms with Crippen molar-refractivity contribution in [3.8, 4) is 0 Å². The van der Waals surface area contributed by atoms with Gasteiger partial charge in [-0.05, 0) is 15.9 Å². The predicted molar refractivity (Wildman–Crippen MR) is 124 cm³/mol. The van der Waals surface area contributed by atoms with E-state index in [2.05, 4.69) is 67.4 Å². The summed E-state index contributed by atoms with van der Waals surface area (Å²) >= 11 is 10.9. The van der Waals surface area contributed by atoms with Gasteiger partial charge in [-0.2, -0.15) is 26.3 Å². The molecule has 2 rings (SSSR count). The van der Waals surface area contributed by atoms with Crippen LogP contribution in [-0.4, -0.2) is 27.0 Å². The summed E-state index contributed by atoms with van der Waals surface area (Å²) in [5, 5.41) is 20.3. The summed E-state index contributed by atoms with van der Waals surface area (Å²) in [7, 11) is -1.00. The molecule has 198 valence electrons. The number of H-pyrrole nitrogens is 1. The second-order valence-corrected chi connectivity index (χ2v) is 24.1. The molecule has 35 heavy (non-hydrogen) atoms. The third-order valence-corrected chi connectivity index (χ3v) is 3.38. The molecule has 0 radical (unpaired) electrons. The fraction of sp³-hybridized carbons (Fsp3) is 0.231. The number of pyridine rings is 2. The van der Waals surface area contributed by atoms with E-state index in [1.165, 1.54) is 0 Å². The van der Waals surface area contributed by atoms with Crippen LogP contribution in [0.4, 0.5) is 42.1 Å². The monoisotopic (exact) mass is 797 g/mol. The van der Waals surface area contributed by atoms with Gasteiger partial charge in [0.1, 0.15) is 16.4 Å². The number of rotatable bonds is 2. The molecule has 0 aliphatic rings. The van der Waals surface area contributed by atoms with Crippen molar-refractivity contribution in [2.45, 2.75) is 12.4 Å². The molecule has 0 aliphatic heterocycles. The van der Waals surface area contributed by atoms with Gasteiger partial charge < -0.3 is 4.98 Å². The zero-order chi connectivity index (χ0) is 29.1. The molecule has 22 heteroatoms. The summed E-state index contributed by atoms with van der Waals surface area (Å²) in [5.74, 6) is 0. The first-order valence-electron chi connectivity index (χ1n) is 8.12. The van der Waals surface area contributed by atoms with Gasteiger partial charge in [0, 0.05) is 58.6 Å². The Hall–Kier alpha value is -1.44. The molecule has 2 heterocycles. The van der Waals surface area contributed by atoms with Gasteiger partial charge in [0.05, 0.1) is 30.1 Å². The topological polar surface area (TPSA) is 149 Å². The van der Waals surface area contributed by atoms with Gasteiger partial charge in [-0.25, -0.2) is 4.98 Å². The first kappa shape index (κ1) is 33.6. The van der Waals surface area contributed by atoms with Crippen LogP contribution in [-0.2, 0) is 16.9 Å². The molecule has 0 unspecified atom stereocenters. The summed E-state index contributed by atoms with van der Waals surface area (Å²) in [4.78, 5) is 33.8. The molecule has 0 atom stereocenters. The molecule has 0 spiro atoms. The molecule has 0 amide bonds. The van der Waals surface area contributed by atoms with Crippen molar-refractivity contribution in [1.82, 2.24) is 9.97 Å². The number of hydrogen-bond acceptors (Lipinski definition) is 7. The third-order valence-electron chi connectivity index (χ3n) is 2.75. The molecule has 0 fully saturated rings. The normalized spacial score (nSPS) is 11.3. The van der Waals surface area contributed by atoms with Crippen LogP contribution in [0.15, 0.2) is 33.9 Å². The number of nitrogens with zero attached hydrogens (tertiary/aromatic N) is 3. The van der Waals surface area contributed by atoms with Crippen molar-refractivity contribution in [3.05, 3.63) is 70.8 Å². The van der Waals surface area contributed by atoms with Gasteiger partial charge >= 0.3 is 12.4 Å². The van der Waals surface area contributed by atoms with Crippen molar-refractivity contribution >= 4 is 77.0 Å².